The molecule has 0 aromatic heterocycles. The van der Waals surface area contributed by atoms with Gasteiger partial charge in [-0.3, -0.25) is 9.59 Å². The Morgan fingerprint density at radius 3 is 2.50 bits per heavy atom. The Morgan fingerprint density at radius 2 is 1.95 bits per heavy atom. The average molecular weight is 291 g/mol. The Bertz CT molecular complexity index is 517. The van der Waals surface area contributed by atoms with Gasteiger partial charge in [0, 0.05) is 11.8 Å². The highest BCUT2D eigenvalue weighted by Crippen LogP contribution is 2.21. The van der Waals surface area contributed by atoms with E-state index >= 15 is 0 Å². The highest BCUT2D eigenvalue weighted by Gasteiger charge is 2.27. The second-order valence-corrected chi connectivity index (χ2v) is 3.80. The summed E-state index contributed by atoms with van der Waals surface area (Å²) in [6.45, 7) is -2.16. The lowest BCUT2D eigenvalue weighted by atomic mass is 10.2. The summed E-state index contributed by atoms with van der Waals surface area (Å²) in [7, 11) is 0. The van der Waals surface area contributed by atoms with Crippen LogP contribution in [0.1, 0.15) is 10.4 Å². The number of nitrogens with one attached hydrogen (secondary N) is 1. The number of carbonyl (C=O) groups excluding carboxylic acids is 2. The topological polar surface area (TPSA) is 107 Å². The molecule has 9 heteroatoms. The van der Waals surface area contributed by atoms with E-state index in [1.807, 2.05) is 0 Å². The van der Waals surface area contributed by atoms with E-state index in [1.165, 1.54) is 18.2 Å². The van der Waals surface area contributed by atoms with Crippen molar-refractivity contribution >= 4 is 17.5 Å². The maximum absolute atomic E-state index is 11.9. The van der Waals surface area contributed by atoms with Crippen LogP contribution in [0.5, 0.6) is 5.75 Å². The van der Waals surface area contributed by atoms with E-state index in [-0.39, 0.29) is 17.0 Å². The molecule has 0 heterocycles. The van der Waals surface area contributed by atoms with Crippen LogP contribution in [0.2, 0.25) is 0 Å². The van der Waals surface area contributed by atoms with Gasteiger partial charge in [-0.2, -0.15) is 13.2 Å². The lowest BCUT2D eigenvalue weighted by molar-refractivity contribution is -0.139. The maximum atomic E-state index is 11.9. The Morgan fingerprint density at radius 1 is 1.30 bits per heavy atom. The molecule has 1 aromatic carbocycles. The first-order valence-corrected chi connectivity index (χ1v) is 5.34. The molecule has 0 saturated heterocycles. The normalized spacial score (nSPS) is 10.9. The molecule has 0 aliphatic carbocycles. The van der Waals surface area contributed by atoms with E-state index in [0.717, 1.165) is 0 Å². The minimum Gasteiger partial charge on any atom is -0.483 e. The number of hydrogen-bond donors (Lipinski definition) is 3. The zero-order valence-corrected chi connectivity index (χ0v) is 10.2. The lowest BCUT2D eigenvalue weighted by Crippen LogP contribution is -2.36. The minimum absolute atomic E-state index is 0.0252. The van der Waals surface area contributed by atoms with E-state index in [9.17, 15) is 22.8 Å². The monoisotopic (exact) mass is 291 g/mol. The van der Waals surface area contributed by atoms with Gasteiger partial charge in [-0.15, -0.1) is 0 Å². The third kappa shape index (κ3) is 5.04. The summed E-state index contributed by atoms with van der Waals surface area (Å²) in [6.07, 6.45) is -4.51. The molecule has 0 atom stereocenters. The lowest BCUT2D eigenvalue weighted by Gasteiger charge is -2.11. The van der Waals surface area contributed by atoms with Crippen molar-refractivity contribution in [1.29, 1.82) is 0 Å². The van der Waals surface area contributed by atoms with Gasteiger partial charge in [0.15, 0.2) is 6.61 Å². The molecular formula is C11H12F3N3O3. The van der Waals surface area contributed by atoms with Crippen molar-refractivity contribution in [3.63, 3.8) is 0 Å². The van der Waals surface area contributed by atoms with Crippen LogP contribution in [0, 0.1) is 0 Å². The molecule has 0 saturated carbocycles. The second kappa shape index (κ2) is 6.13. The second-order valence-electron chi connectivity index (χ2n) is 3.80. The summed E-state index contributed by atoms with van der Waals surface area (Å²) in [5, 5.41) is 1.62. The predicted octanol–water partition coefficient (Wildman–Crippen LogP) is 0.425. The highest BCUT2D eigenvalue weighted by molar-refractivity contribution is 5.96. The van der Waals surface area contributed by atoms with Gasteiger partial charge >= 0.3 is 6.18 Å². The quantitative estimate of drug-likeness (QED) is 0.683. The third-order valence-corrected chi connectivity index (χ3v) is 2.12. The van der Waals surface area contributed by atoms with Gasteiger partial charge in [0.25, 0.3) is 11.8 Å². The van der Waals surface area contributed by atoms with Crippen molar-refractivity contribution in [3.8, 4) is 5.75 Å². The molecule has 0 aliphatic heterocycles. The number of benzene rings is 1. The van der Waals surface area contributed by atoms with Crippen molar-refractivity contribution in [3.05, 3.63) is 23.8 Å². The van der Waals surface area contributed by atoms with Crippen LogP contribution < -0.4 is 21.5 Å². The van der Waals surface area contributed by atoms with Crippen molar-refractivity contribution in [2.75, 3.05) is 18.9 Å². The number of amides is 2. The Hall–Kier alpha value is -2.45. The van der Waals surface area contributed by atoms with Gasteiger partial charge in [-0.1, -0.05) is 0 Å². The number of hydrogen-bond acceptors (Lipinski definition) is 4. The van der Waals surface area contributed by atoms with Crippen molar-refractivity contribution in [2.45, 2.75) is 6.18 Å². The van der Waals surface area contributed by atoms with Crippen LogP contribution in [0.25, 0.3) is 0 Å². The summed E-state index contributed by atoms with van der Waals surface area (Å²) < 4.78 is 40.6. The predicted molar refractivity (Wildman–Crippen MR) is 63.9 cm³/mol. The molecular weight excluding hydrogens is 279 g/mol. The van der Waals surface area contributed by atoms with Gasteiger partial charge in [0.1, 0.15) is 12.3 Å². The van der Waals surface area contributed by atoms with Crippen LogP contribution >= 0.6 is 0 Å². The van der Waals surface area contributed by atoms with Crippen molar-refractivity contribution in [2.24, 2.45) is 5.73 Å². The van der Waals surface area contributed by atoms with E-state index in [1.54, 1.807) is 5.32 Å². The fraction of sp³-hybridized carbons (Fsp3) is 0.273. The van der Waals surface area contributed by atoms with E-state index in [2.05, 4.69) is 0 Å². The fourth-order valence-corrected chi connectivity index (χ4v) is 1.26. The Kier molecular flexibility index (Phi) is 4.78. The average Bonchev–Trinajstić information content (AvgIpc) is 2.32. The fourth-order valence-electron chi connectivity index (χ4n) is 1.26. The summed E-state index contributed by atoms with van der Waals surface area (Å²) in [5.74, 6) is -1.87. The van der Waals surface area contributed by atoms with Gasteiger partial charge < -0.3 is 21.5 Å². The number of halogens is 3. The van der Waals surface area contributed by atoms with Crippen LogP contribution in [0.15, 0.2) is 18.2 Å². The molecule has 1 rings (SSSR count). The summed E-state index contributed by atoms with van der Waals surface area (Å²) in [4.78, 5) is 22.2. The molecule has 1 aromatic rings. The Balaban J connectivity index is 2.63. The number of nitrogens with two attached hydrogens (primary N) is 2. The Labute approximate surface area is 111 Å². The number of anilines is 1. The number of primary amides is 1. The summed E-state index contributed by atoms with van der Waals surface area (Å²) in [5.41, 5.74) is 10.8. The molecule has 0 bridgehead atoms. The molecule has 0 aliphatic rings. The van der Waals surface area contributed by atoms with Crippen LogP contribution in [-0.4, -0.2) is 31.1 Å². The zero-order chi connectivity index (χ0) is 15.3. The molecule has 20 heavy (non-hydrogen) atoms. The van der Waals surface area contributed by atoms with E-state index in [4.69, 9.17) is 16.2 Å². The number of rotatable bonds is 5. The molecule has 6 nitrogen and oxygen atoms in total. The molecule has 5 N–H and O–H groups in total. The number of carbonyl (C=O) groups is 2. The number of alkyl halides is 3. The van der Waals surface area contributed by atoms with Crippen molar-refractivity contribution < 1.29 is 27.5 Å². The zero-order valence-electron chi connectivity index (χ0n) is 10.2. The molecule has 0 unspecified atom stereocenters. The first-order chi connectivity index (χ1) is 9.19. The first-order valence-electron chi connectivity index (χ1n) is 5.34. The molecule has 0 fully saturated rings. The summed E-state index contributed by atoms with van der Waals surface area (Å²) in [6, 6.07) is 3.94. The number of ether oxygens (including phenoxy) is 1. The summed E-state index contributed by atoms with van der Waals surface area (Å²) >= 11 is 0. The first kappa shape index (κ1) is 15.6. The van der Waals surface area contributed by atoms with E-state index in [0.29, 0.717) is 0 Å². The van der Waals surface area contributed by atoms with Crippen LogP contribution in [0.3, 0.4) is 0 Å². The van der Waals surface area contributed by atoms with Crippen molar-refractivity contribution in [1.82, 2.24) is 5.32 Å². The maximum Gasteiger partial charge on any atom is 0.405 e. The smallest absolute Gasteiger partial charge is 0.405 e. The van der Waals surface area contributed by atoms with Crippen LogP contribution in [0.4, 0.5) is 18.9 Å². The standard InChI is InChI=1S/C11H12F3N3O3/c12-11(13,14)5-17-9(18)4-20-8-3-6(15)1-2-7(8)10(16)19/h1-3H,4-5,15H2,(H2,16,19)(H,17,18). The number of nitrogen functional groups attached to an aromatic ring is 1. The van der Waals surface area contributed by atoms with Gasteiger partial charge in [-0.25, -0.2) is 0 Å². The van der Waals surface area contributed by atoms with Gasteiger partial charge in [-0.05, 0) is 12.1 Å². The van der Waals surface area contributed by atoms with Gasteiger partial charge in [0.05, 0.1) is 5.56 Å². The molecule has 0 radical (unpaired) electrons. The molecule has 2 amide bonds. The van der Waals surface area contributed by atoms with Crippen LogP contribution in [-0.2, 0) is 4.79 Å². The van der Waals surface area contributed by atoms with Gasteiger partial charge in [0.2, 0.25) is 0 Å². The third-order valence-electron chi connectivity index (χ3n) is 2.12. The van der Waals surface area contributed by atoms with E-state index < -0.39 is 31.1 Å². The molecule has 110 valence electrons. The molecule has 0 spiro atoms. The minimum atomic E-state index is -4.51. The largest absolute Gasteiger partial charge is 0.483 e. The highest BCUT2D eigenvalue weighted by atomic mass is 19.4. The SMILES string of the molecule is NC(=O)c1ccc(N)cc1OCC(=O)NCC(F)(F)F.